The standard InChI is InChI=1S/C13H21N3O3/c14-6-1-7-15-12(17)10-16-8-4-11(5-9-16)2-3-13(18)19/h11H,1-5,7-10H2,(H,15,17)(H,18,19). The van der Waals surface area contributed by atoms with E-state index in [9.17, 15) is 9.59 Å². The van der Waals surface area contributed by atoms with Crippen LogP contribution in [0.1, 0.15) is 32.1 Å². The zero-order valence-corrected chi connectivity index (χ0v) is 11.1. The van der Waals surface area contributed by atoms with E-state index in [1.54, 1.807) is 0 Å². The molecule has 1 fully saturated rings. The number of hydrogen-bond acceptors (Lipinski definition) is 4. The van der Waals surface area contributed by atoms with E-state index in [0.29, 0.717) is 25.4 Å². The molecule has 1 aliphatic rings. The Bertz CT molecular complexity index is 344. The molecule has 0 atom stereocenters. The van der Waals surface area contributed by atoms with Gasteiger partial charge in [0.2, 0.25) is 5.91 Å². The van der Waals surface area contributed by atoms with Gasteiger partial charge < -0.3 is 10.4 Å². The molecule has 0 aliphatic carbocycles. The minimum atomic E-state index is -0.737. The van der Waals surface area contributed by atoms with Crippen molar-refractivity contribution in [2.75, 3.05) is 26.2 Å². The summed E-state index contributed by atoms with van der Waals surface area (Å²) in [7, 11) is 0. The first-order valence-corrected chi connectivity index (χ1v) is 6.69. The smallest absolute Gasteiger partial charge is 0.303 e. The van der Waals surface area contributed by atoms with Gasteiger partial charge in [0, 0.05) is 13.0 Å². The molecule has 0 spiro atoms. The van der Waals surface area contributed by atoms with Crippen molar-refractivity contribution in [3.8, 4) is 6.07 Å². The van der Waals surface area contributed by atoms with Crippen LogP contribution in [0.15, 0.2) is 0 Å². The molecule has 0 saturated carbocycles. The lowest BCUT2D eigenvalue weighted by Crippen LogP contribution is -2.41. The summed E-state index contributed by atoms with van der Waals surface area (Å²) in [5, 5.41) is 19.7. The topological polar surface area (TPSA) is 93.4 Å². The molecule has 106 valence electrons. The third-order valence-electron chi connectivity index (χ3n) is 3.40. The summed E-state index contributed by atoms with van der Waals surface area (Å²) in [5.74, 6) is -0.312. The fourth-order valence-electron chi connectivity index (χ4n) is 2.28. The van der Waals surface area contributed by atoms with E-state index in [0.717, 1.165) is 32.4 Å². The lowest BCUT2D eigenvalue weighted by molar-refractivity contribution is -0.137. The van der Waals surface area contributed by atoms with Gasteiger partial charge in [-0.25, -0.2) is 0 Å². The minimum Gasteiger partial charge on any atom is -0.481 e. The van der Waals surface area contributed by atoms with Gasteiger partial charge in [-0.1, -0.05) is 0 Å². The van der Waals surface area contributed by atoms with Crippen molar-refractivity contribution in [2.24, 2.45) is 5.92 Å². The minimum absolute atomic E-state index is 0.0424. The van der Waals surface area contributed by atoms with E-state index < -0.39 is 5.97 Å². The van der Waals surface area contributed by atoms with Gasteiger partial charge in [-0.15, -0.1) is 0 Å². The maximum absolute atomic E-state index is 11.5. The summed E-state index contributed by atoms with van der Waals surface area (Å²) in [6.07, 6.45) is 3.22. The second kappa shape index (κ2) is 8.48. The number of piperidine rings is 1. The van der Waals surface area contributed by atoms with Crippen LogP contribution in [0, 0.1) is 17.2 Å². The number of carboxylic acids is 1. The fraction of sp³-hybridized carbons (Fsp3) is 0.769. The van der Waals surface area contributed by atoms with Crippen LogP contribution in [0.2, 0.25) is 0 Å². The molecule has 0 aromatic rings. The van der Waals surface area contributed by atoms with Crippen LogP contribution >= 0.6 is 0 Å². The molecule has 1 aliphatic heterocycles. The van der Waals surface area contributed by atoms with Gasteiger partial charge in [0.1, 0.15) is 0 Å². The average Bonchev–Trinajstić information content (AvgIpc) is 2.38. The first-order chi connectivity index (χ1) is 9.11. The number of likely N-dealkylation sites (tertiary alicyclic amines) is 1. The van der Waals surface area contributed by atoms with Gasteiger partial charge in [0.05, 0.1) is 19.0 Å². The zero-order chi connectivity index (χ0) is 14.1. The summed E-state index contributed by atoms with van der Waals surface area (Å²) >= 11 is 0. The van der Waals surface area contributed by atoms with E-state index >= 15 is 0 Å². The van der Waals surface area contributed by atoms with Crippen molar-refractivity contribution in [1.82, 2.24) is 10.2 Å². The van der Waals surface area contributed by atoms with Crippen LogP contribution in [-0.4, -0.2) is 48.1 Å². The Morgan fingerprint density at radius 3 is 2.63 bits per heavy atom. The molecule has 1 rings (SSSR count). The van der Waals surface area contributed by atoms with Crippen LogP contribution in [0.4, 0.5) is 0 Å². The molecule has 0 bridgehead atoms. The number of rotatable bonds is 7. The summed E-state index contributed by atoms with van der Waals surface area (Å²) in [6.45, 7) is 2.47. The third-order valence-corrected chi connectivity index (χ3v) is 3.40. The van der Waals surface area contributed by atoms with Crippen molar-refractivity contribution in [1.29, 1.82) is 5.26 Å². The molecule has 1 saturated heterocycles. The fourth-order valence-corrected chi connectivity index (χ4v) is 2.28. The summed E-state index contributed by atoms with van der Waals surface area (Å²) in [4.78, 5) is 24.1. The Morgan fingerprint density at radius 1 is 1.37 bits per heavy atom. The molecule has 19 heavy (non-hydrogen) atoms. The van der Waals surface area contributed by atoms with E-state index in [1.807, 2.05) is 6.07 Å². The molecule has 0 radical (unpaired) electrons. The number of carbonyl (C=O) groups is 2. The van der Waals surface area contributed by atoms with Crippen molar-refractivity contribution in [3.05, 3.63) is 0 Å². The van der Waals surface area contributed by atoms with Crippen molar-refractivity contribution < 1.29 is 14.7 Å². The molecule has 0 aromatic carbocycles. The normalized spacial score (nSPS) is 16.8. The van der Waals surface area contributed by atoms with E-state index in [1.165, 1.54) is 0 Å². The molecule has 2 N–H and O–H groups in total. The predicted octanol–water partition coefficient (Wildman–Crippen LogP) is 0.593. The number of hydrogen-bond donors (Lipinski definition) is 2. The SMILES string of the molecule is N#CCCNC(=O)CN1CCC(CCC(=O)O)CC1. The van der Waals surface area contributed by atoms with Gasteiger partial charge in [0.15, 0.2) is 0 Å². The molecule has 6 nitrogen and oxygen atoms in total. The number of amides is 1. The van der Waals surface area contributed by atoms with Crippen molar-refractivity contribution in [3.63, 3.8) is 0 Å². The maximum Gasteiger partial charge on any atom is 0.303 e. The van der Waals surface area contributed by atoms with Gasteiger partial charge in [0.25, 0.3) is 0 Å². The molecule has 6 heteroatoms. The largest absolute Gasteiger partial charge is 0.481 e. The van der Waals surface area contributed by atoms with Crippen molar-refractivity contribution in [2.45, 2.75) is 32.1 Å². The van der Waals surface area contributed by atoms with Crippen molar-refractivity contribution >= 4 is 11.9 Å². The molecule has 0 aromatic heterocycles. The second-order valence-corrected chi connectivity index (χ2v) is 4.91. The Kier molecular flexibility index (Phi) is 6.90. The number of carboxylic acid groups (broad SMARTS) is 1. The maximum atomic E-state index is 11.5. The number of nitrogens with zero attached hydrogens (tertiary/aromatic N) is 2. The highest BCUT2D eigenvalue weighted by atomic mass is 16.4. The first kappa shape index (κ1) is 15.4. The molecular weight excluding hydrogens is 246 g/mol. The molecule has 1 heterocycles. The highest BCUT2D eigenvalue weighted by Crippen LogP contribution is 2.21. The quantitative estimate of drug-likeness (QED) is 0.659. The Balaban J connectivity index is 2.14. The van der Waals surface area contributed by atoms with Gasteiger partial charge >= 0.3 is 5.97 Å². The third kappa shape index (κ3) is 6.77. The lowest BCUT2D eigenvalue weighted by Gasteiger charge is -2.31. The highest BCUT2D eigenvalue weighted by Gasteiger charge is 2.21. The average molecular weight is 267 g/mol. The Hall–Kier alpha value is -1.61. The van der Waals surface area contributed by atoms with Gasteiger partial charge in [-0.3, -0.25) is 14.5 Å². The van der Waals surface area contributed by atoms with E-state index in [4.69, 9.17) is 10.4 Å². The van der Waals surface area contributed by atoms with Crippen LogP contribution in [0.25, 0.3) is 0 Å². The summed E-state index contributed by atoms with van der Waals surface area (Å²) in [6, 6.07) is 1.98. The number of aliphatic carboxylic acids is 1. The molecule has 0 unspecified atom stereocenters. The highest BCUT2D eigenvalue weighted by molar-refractivity contribution is 5.78. The lowest BCUT2D eigenvalue weighted by atomic mass is 9.92. The van der Waals surface area contributed by atoms with Gasteiger partial charge in [-0.2, -0.15) is 5.26 Å². The predicted molar refractivity (Wildman–Crippen MR) is 69.3 cm³/mol. The van der Waals surface area contributed by atoms with Crippen LogP contribution in [0.3, 0.4) is 0 Å². The van der Waals surface area contributed by atoms with Crippen LogP contribution in [0.5, 0.6) is 0 Å². The monoisotopic (exact) mass is 267 g/mol. The number of carbonyl (C=O) groups excluding carboxylic acids is 1. The number of nitriles is 1. The Labute approximate surface area is 113 Å². The van der Waals surface area contributed by atoms with E-state index in [2.05, 4.69) is 10.2 Å². The van der Waals surface area contributed by atoms with Crippen LogP contribution in [-0.2, 0) is 9.59 Å². The second-order valence-electron chi connectivity index (χ2n) is 4.91. The first-order valence-electron chi connectivity index (χ1n) is 6.69. The van der Waals surface area contributed by atoms with E-state index in [-0.39, 0.29) is 12.3 Å². The summed E-state index contributed by atoms with van der Waals surface area (Å²) < 4.78 is 0. The van der Waals surface area contributed by atoms with Gasteiger partial charge in [-0.05, 0) is 38.3 Å². The summed E-state index contributed by atoms with van der Waals surface area (Å²) in [5.41, 5.74) is 0. The molecular formula is C13H21N3O3. The molecule has 1 amide bonds. The zero-order valence-electron chi connectivity index (χ0n) is 11.1. The number of nitrogens with one attached hydrogen (secondary N) is 1. The Morgan fingerprint density at radius 2 is 2.05 bits per heavy atom. The van der Waals surface area contributed by atoms with Crippen LogP contribution < -0.4 is 5.32 Å².